The molecule has 0 aromatic carbocycles. The highest BCUT2D eigenvalue weighted by atomic mass is 32.1. The van der Waals surface area contributed by atoms with E-state index in [1.165, 1.54) is 12.8 Å². The third-order valence-electron chi connectivity index (χ3n) is 3.46. The number of hydrogen-bond acceptors (Lipinski definition) is 5. The Hall–Kier alpha value is -0.650. The largest absolute Gasteiger partial charge is 0.388 e. The normalized spacial score (nSPS) is 20.5. The summed E-state index contributed by atoms with van der Waals surface area (Å²) in [5.74, 6) is 0. The summed E-state index contributed by atoms with van der Waals surface area (Å²) < 4.78 is 0. The van der Waals surface area contributed by atoms with Crippen LogP contribution >= 0.6 is 11.3 Å². The predicted molar refractivity (Wildman–Crippen MR) is 71.7 cm³/mol. The van der Waals surface area contributed by atoms with Crippen LogP contribution in [0.4, 0.5) is 5.13 Å². The van der Waals surface area contributed by atoms with Crippen LogP contribution in [0.25, 0.3) is 0 Å². The van der Waals surface area contributed by atoms with Gasteiger partial charge in [-0.2, -0.15) is 0 Å². The molecule has 2 rings (SSSR count). The Morgan fingerprint density at radius 2 is 2.18 bits per heavy atom. The molecule has 1 aromatic rings. The zero-order valence-corrected chi connectivity index (χ0v) is 11.6. The summed E-state index contributed by atoms with van der Waals surface area (Å²) in [5.41, 5.74) is 0. The highest BCUT2D eigenvalue weighted by Crippen LogP contribution is 2.29. The van der Waals surface area contributed by atoms with Crippen molar-refractivity contribution >= 4 is 16.5 Å². The van der Waals surface area contributed by atoms with E-state index in [9.17, 15) is 5.11 Å². The third-order valence-corrected chi connectivity index (χ3v) is 4.72. The first kappa shape index (κ1) is 12.8. The van der Waals surface area contributed by atoms with Gasteiger partial charge >= 0.3 is 0 Å². The average Bonchev–Trinajstić information content (AvgIpc) is 2.78. The number of thiazole rings is 1. The number of aliphatic hydroxyl groups is 1. The minimum atomic E-state index is -0.410. The second-order valence-corrected chi connectivity index (χ2v) is 5.91. The maximum Gasteiger partial charge on any atom is 0.185 e. The van der Waals surface area contributed by atoms with Crippen molar-refractivity contribution < 1.29 is 5.11 Å². The smallest absolute Gasteiger partial charge is 0.185 e. The molecule has 1 atom stereocenters. The number of aliphatic hydroxyl groups excluding tert-OH is 1. The Kier molecular flexibility index (Phi) is 4.01. The first-order valence-electron chi connectivity index (χ1n) is 6.13. The standard InChI is InChI=1S/C12H21N3OS/c1-9(16)11-8-13-12(17-11)15(3)10-4-6-14(2)7-5-10/h8-10,16H,4-7H2,1-3H3. The maximum atomic E-state index is 9.51. The minimum Gasteiger partial charge on any atom is -0.388 e. The number of rotatable bonds is 3. The van der Waals surface area contributed by atoms with E-state index in [-0.39, 0.29) is 0 Å². The Morgan fingerprint density at radius 1 is 1.53 bits per heavy atom. The SMILES string of the molecule is CC(O)c1cnc(N(C)C2CCN(C)CC2)s1. The van der Waals surface area contributed by atoms with E-state index in [0.717, 1.165) is 23.1 Å². The first-order valence-corrected chi connectivity index (χ1v) is 6.94. The van der Waals surface area contributed by atoms with Gasteiger partial charge in [0.05, 0.1) is 11.0 Å². The van der Waals surface area contributed by atoms with Crippen LogP contribution in [0.2, 0.25) is 0 Å². The molecule has 17 heavy (non-hydrogen) atoms. The van der Waals surface area contributed by atoms with Crippen LogP contribution in [0.5, 0.6) is 0 Å². The monoisotopic (exact) mass is 255 g/mol. The van der Waals surface area contributed by atoms with Gasteiger partial charge in [-0.3, -0.25) is 0 Å². The topological polar surface area (TPSA) is 39.6 Å². The molecular weight excluding hydrogens is 234 g/mol. The van der Waals surface area contributed by atoms with Gasteiger partial charge < -0.3 is 14.9 Å². The highest BCUT2D eigenvalue weighted by molar-refractivity contribution is 7.15. The number of piperidine rings is 1. The summed E-state index contributed by atoms with van der Waals surface area (Å²) in [6.45, 7) is 4.10. The van der Waals surface area contributed by atoms with Crippen molar-refractivity contribution in [2.75, 3.05) is 32.1 Å². The summed E-state index contributed by atoms with van der Waals surface area (Å²) in [5, 5.41) is 10.5. The van der Waals surface area contributed by atoms with Crippen molar-refractivity contribution in [3.63, 3.8) is 0 Å². The van der Waals surface area contributed by atoms with Crippen molar-refractivity contribution in [2.45, 2.75) is 31.9 Å². The second-order valence-electron chi connectivity index (χ2n) is 4.87. The predicted octanol–water partition coefficient (Wildman–Crippen LogP) is 1.73. The van der Waals surface area contributed by atoms with Crippen molar-refractivity contribution in [1.82, 2.24) is 9.88 Å². The van der Waals surface area contributed by atoms with Gasteiger partial charge in [0, 0.05) is 19.3 Å². The Balaban J connectivity index is 2.01. The van der Waals surface area contributed by atoms with E-state index in [0.29, 0.717) is 6.04 Å². The molecule has 0 radical (unpaired) electrons. The van der Waals surface area contributed by atoms with Crippen molar-refractivity contribution in [1.29, 1.82) is 0 Å². The molecule has 0 bridgehead atoms. The number of hydrogen-bond donors (Lipinski definition) is 1. The molecule has 96 valence electrons. The van der Waals surface area contributed by atoms with Gasteiger partial charge in [0.2, 0.25) is 0 Å². The first-order chi connectivity index (χ1) is 8.08. The lowest BCUT2D eigenvalue weighted by Gasteiger charge is -2.34. The number of aromatic nitrogens is 1. The van der Waals surface area contributed by atoms with Gasteiger partial charge in [-0.1, -0.05) is 11.3 Å². The van der Waals surface area contributed by atoms with E-state index in [1.54, 1.807) is 24.5 Å². The molecule has 0 aliphatic carbocycles. The van der Waals surface area contributed by atoms with Gasteiger partial charge in [0.15, 0.2) is 5.13 Å². The fourth-order valence-electron chi connectivity index (χ4n) is 2.17. The maximum absolute atomic E-state index is 9.51. The summed E-state index contributed by atoms with van der Waals surface area (Å²) >= 11 is 1.59. The van der Waals surface area contributed by atoms with Crippen molar-refractivity contribution in [3.8, 4) is 0 Å². The minimum absolute atomic E-state index is 0.410. The molecule has 1 unspecified atom stereocenters. The van der Waals surface area contributed by atoms with Gasteiger partial charge in [0.25, 0.3) is 0 Å². The molecule has 1 N–H and O–H groups in total. The van der Waals surface area contributed by atoms with Crippen LogP contribution in [0.3, 0.4) is 0 Å². The summed E-state index contributed by atoms with van der Waals surface area (Å²) in [6, 6.07) is 0.583. The molecule has 2 heterocycles. The fourth-order valence-corrected chi connectivity index (χ4v) is 3.06. The Bertz CT molecular complexity index is 358. The number of nitrogens with zero attached hydrogens (tertiary/aromatic N) is 3. The van der Waals surface area contributed by atoms with Crippen molar-refractivity contribution in [2.24, 2.45) is 0 Å². The molecule has 4 nitrogen and oxygen atoms in total. The lowest BCUT2D eigenvalue weighted by molar-refractivity contribution is 0.203. The molecule has 5 heteroatoms. The molecule has 0 saturated carbocycles. The lowest BCUT2D eigenvalue weighted by atomic mass is 10.0. The van der Waals surface area contributed by atoms with Gasteiger partial charge in [-0.25, -0.2) is 4.98 Å². The van der Waals surface area contributed by atoms with Crippen LogP contribution < -0.4 is 4.90 Å². The molecule has 1 aromatic heterocycles. The van der Waals surface area contributed by atoms with Crippen LogP contribution in [0.15, 0.2) is 6.20 Å². The Labute approximate surface area is 107 Å². The molecule has 1 aliphatic heterocycles. The van der Waals surface area contributed by atoms with Crippen LogP contribution in [-0.2, 0) is 0 Å². The molecule has 1 saturated heterocycles. The number of likely N-dealkylation sites (tertiary alicyclic amines) is 1. The van der Waals surface area contributed by atoms with Crippen LogP contribution in [0, 0.1) is 0 Å². The van der Waals surface area contributed by atoms with Gasteiger partial charge in [-0.05, 0) is 39.9 Å². The van der Waals surface area contributed by atoms with Crippen molar-refractivity contribution in [3.05, 3.63) is 11.1 Å². The second kappa shape index (κ2) is 5.33. The molecule has 1 fully saturated rings. The molecule has 0 amide bonds. The van der Waals surface area contributed by atoms with Gasteiger partial charge in [-0.15, -0.1) is 0 Å². The third kappa shape index (κ3) is 2.97. The Morgan fingerprint density at radius 3 is 2.71 bits per heavy atom. The molecular formula is C12H21N3OS. The fraction of sp³-hybridized carbons (Fsp3) is 0.750. The van der Waals surface area contributed by atoms with E-state index in [1.807, 2.05) is 0 Å². The summed E-state index contributed by atoms with van der Waals surface area (Å²) in [7, 11) is 4.28. The molecule has 1 aliphatic rings. The van der Waals surface area contributed by atoms with E-state index in [4.69, 9.17) is 0 Å². The zero-order valence-electron chi connectivity index (χ0n) is 10.8. The van der Waals surface area contributed by atoms with E-state index < -0.39 is 6.10 Å². The van der Waals surface area contributed by atoms with Crippen LogP contribution in [-0.4, -0.2) is 48.2 Å². The quantitative estimate of drug-likeness (QED) is 0.893. The van der Waals surface area contributed by atoms with E-state index >= 15 is 0 Å². The average molecular weight is 255 g/mol. The lowest BCUT2D eigenvalue weighted by Crippen LogP contribution is -2.41. The summed E-state index contributed by atoms with van der Waals surface area (Å²) in [4.78, 5) is 9.98. The van der Waals surface area contributed by atoms with Gasteiger partial charge in [0.1, 0.15) is 0 Å². The van der Waals surface area contributed by atoms with Crippen LogP contribution in [0.1, 0.15) is 30.7 Å². The molecule has 0 spiro atoms. The number of anilines is 1. The zero-order chi connectivity index (χ0) is 12.4. The summed E-state index contributed by atoms with van der Waals surface area (Å²) in [6.07, 6.45) is 3.76. The van der Waals surface area contributed by atoms with E-state index in [2.05, 4.69) is 28.9 Å². The highest BCUT2D eigenvalue weighted by Gasteiger charge is 2.22.